The van der Waals surface area contributed by atoms with Gasteiger partial charge in [-0.25, -0.2) is 0 Å². The summed E-state index contributed by atoms with van der Waals surface area (Å²) >= 11 is 4.41. The third-order valence-electron chi connectivity index (χ3n) is 3.01. The molecule has 0 unspecified atom stereocenters. The number of rotatable bonds is 3. The smallest absolute Gasteiger partial charge is 0.128 e. The van der Waals surface area contributed by atoms with Gasteiger partial charge < -0.3 is 4.74 Å². The topological polar surface area (TPSA) is 27.1 Å². The predicted molar refractivity (Wildman–Crippen MR) is 81.9 cm³/mol. The van der Waals surface area contributed by atoms with Gasteiger partial charge in [-0.05, 0) is 32.9 Å². The van der Waals surface area contributed by atoms with Crippen molar-refractivity contribution in [2.24, 2.45) is 0 Å². The van der Waals surface area contributed by atoms with Gasteiger partial charge >= 0.3 is 0 Å². The Kier molecular flexibility index (Phi) is 3.90. The van der Waals surface area contributed by atoms with E-state index in [1.807, 2.05) is 28.9 Å². The van der Waals surface area contributed by atoms with Crippen LogP contribution in [0.3, 0.4) is 0 Å². The molecule has 0 saturated heterocycles. The number of benzene rings is 1. The molecule has 3 nitrogen and oxygen atoms in total. The average Bonchev–Trinajstić information content (AvgIpc) is 2.82. The Morgan fingerprint density at radius 1 is 1.26 bits per heavy atom. The van der Waals surface area contributed by atoms with Crippen LogP contribution >= 0.6 is 12.6 Å². The number of hydrogen-bond donors (Lipinski definition) is 1. The molecule has 0 N–H and O–H groups in total. The average molecular weight is 276 g/mol. The van der Waals surface area contributed by atoms with Gasteiger partial charge in [0, 0.05) is 23.1 Å². The van der Waals surface area contributed by atoms with Crippen molar-refractivity contribution in [1.29, 1.82) is 0 Å². The molecule has 0 radical (unpaired) electrons. The summed E-state index contributed by atoms with van der Waals surface area (Å²) in [4.78, 5) is 0. The van der Waals surface area contributed by atoms with Crippen molar-refractivity contribution in [3.8, 4) is 17.0 Å². The van der Waals surface area contributed by atoms with E-state index in [4.69, 9.17) is 9.84 Å². The molecule has 0 fully saturated rings. The summed E-state index contributed by atoms with van der Waals surface area (Å²) < 4.78 is 7.41. The maximum absolute atomic E-state index is 5.42. The molecule has 0 atom stereocenters. The largest absolute Gasteiger partial charge is 0.496 e. The molecule has 0 aliphatic heterocycles. The van der Waals surface area contributed by atoms with Gasteiger partial charge in [0.2, 0.25) is 0 Å². The van der Waals surface area contributed by atoms with Crippen molar-refractivity contribution < 1.29 is 4.74 Å². The molecule has 102 valence electrons. The van der Waals surface area contributed by atoms with Crippen molar-refractivity contribution in [3.63, 3.8) is 0 Å². The van der Waals surface area contributed by atoms with E-state index in [2.05, 4.69) is 39.6 Å². The molecule has 0 aliphatic rings. The van der Waals surface area contributed by atoms with Crippen molar-refractivity contribution in [2.75, 3.05) is 7.11 Å². The first kappa shape index (κ1) is 14.0. The molecule has 2 rings (SSSR count). The van der Waals surface area contributed by atoms with Gasteiger partial charge in [-0.1, -0.05) is 12.1 Å². The van der Waals surface area contributed by atoms with Crippen LogP contribution in [-0.4, -0.2) is 16.9 Å². The SMILES string of the molecule is COc1ccccc1-c1nn(C(C)(C)C)cc1CS. The van der Waals surface area contributed by atoms with E-state index in [-0.39, 0.29) is 5.54 Å². The third-order valence-corrected chi connectivity index (χ3v) is 3.35. The van der Waals surface area contributed by atoms with Gasteiger partial charge in [0.05, 0.1) is 12.6 Å². The minimum Gasteiger partial charge on any atom is -0.496 e. The maximum Gasteiger partial charge on any atom is 0.128 e. The number of hydrogen-bond acceptors (Lipinski definition) is 3. The Labute approximate surface area is 120 Å². The second-order valence-corrected chi connectivity index (χ2v) is 5.79. The summed E-state index contributed by atoms with van der Waals surface area (Å²) in [6.07, 6.45) is 2.06. The number of para-hydroxylation sites is 1. The number of aromatic nitrogens is 2. The molecule has 19 heavy (non-hydrogen) atoms. The van der Waals surface area contributed by atoms with E-state index < -0.39 is 0 Å². The summed E-state index contributed by atoms with van der Waals surface area (Å²) in [5, 5.41) is 4.72. The Hall–Kier alpha value is -1.42. The molecular weight excluding hydrogens is 256 g/mol. The van der Waals surface area contributed by atoms with Gasteiger partial charge in [0.25, 0.3) is 0 Å². The minimum atomic E-state index is -0.0437. The summed E-state index contributed by atoms with van der Waals surface area (Å²) in [5.74, 6) is 1.49. The zero-order valence-corrected chi connectivity index (χ0v) is 12.7. The lowest BCUT2D eigenvalue weighted by Gasteiger charge is -2.19. The third kappa shape index (κ3) is 2.78. The summed E-state index contributed by atoms with van der Waals surface area (Å²) in [6, 6.07) is 7.94. The normalized spacial score (nSPS) is 11.6. The van der Waals surface area contributed by atoms with Gasteiger partial charge in [-0.15, -0.1) is 0 Å². The van der Waals surface area contributed by atoms with Gasteiger partial charge in [-0.2, -0.15) is 17.7 Å². The van der Waals surface area contributed by atoms with Crippen molar-refractivity contribution in [1.82, 2.24) is 9.78 Å². The highest BCUT2D eigenvalue weighted by atomic mass is 32.1. The van der Waals surface area contributed by atoms with Gasteiger partial charge in [0.1, 0.15) is 11.4 Å². The monoisotopic (exact) mass is 276 g/mol. The first-order valence-electron chi connectivity index (χ1n) is 6.30. The highest BCUT2D eigenvalue weighted by Crippen LogP contribution is 2.32. The van der Waals surface area contributed by atoms with Crippen LogP contribution in [0.1, 0.15) is 26.3 Å². The Morgan fingerprint density at radius 2 is 1.95 bits per heavy atom. The van der Waals surface area contributed by atoms with Crippen LogP contribution in [0.25, 0.3) is 11.3 Å². The van der Waals surface area contributed by atoms with E-state index in [1.54, 1.807) is 7.11 Å². The lowest BCUT2D eigenvalue weighted by molar-refractivity contribution is 0.356. The fraction of sp³-hybridized carbons (Fsp3) is 0.400. The minimum absolute atomic E-state index is 0.0437. The lowest BCUT2D eigenvalue weighted by atomic mass is 10.1. The van der Waals surface area contributed by atoms with E-state index in [9.17, 15) is 0 Å². The lowest BCUT2D eigenvalue weighted by Crippen LogP contribution is -2.22. The number of methoxy groups -OCH3 is 1. The fourth-order valence-electron chi connectivity index (χ4n) is 1.94. The Balaban J connectivity index is 2.58. The number of thiol groups is 1. The molecule has 2 aromatic rings. The van der Waals surface area contributed by atoms with Crippen molar-refractivity contribution in [2.45, 2.75) is 32.1 Å². The first-order chi connectivity index (χ1) is 8.97. The Morgan fingerprint density at radius 3 is 2.53 bits per heavy atom. The van der Waals surface area contributed by atoms with Crippen LogP contribution in [-0.2, 0) is 11.3 Å². The highest BCUT2D eigenvalue weighted by molar-refractivity contribution is 7.79. The van der Waals surface area contributed by atoms with Crippen molar-refractivity contribution >= 4 is 12.6 Å². The zero-order chi connectivity index (χ0) is 14.0. The van der Waals surface area contributed by atoms with E-state index in [1.165, 1.54) is 0 Å². The molecule has 0 saturated carbocycles. The predicted octanol–water partition coefficient (Wildman–Crippen LogP) is 3.74. The number of ether oxygens (including phenoxy) is 1. The van der Waals surface area contributed by atoms with Crippen LogP contribution in [0.5, 0.6) is 5.75 Å². The quantitative estimate of drug-likeness (QED) is 0.865. The molecule has 0 amide bonds. The Bertz CT molecular complexity index is 570. The second kappa shape index (κ2) is 5.29. The molecule has 0 bridgehead atoms. The first-order valence-corrected chi connectivity index (χ1v) is 6.94. The van der Waals surface area contributed by atoms with Crippen LogP contribution in [0.15, 0.2) is 30.5 Å². The molecule has 1 aromatic carbocycles. The zero-order valence-electron chi connectivity index (χ0n) is 11.8. The van der Waals surface area contributed by atoms with Crippen LogP contribution in [0, 0.1) is 0 Å². The molecule has 1 heterocycles. The van der Waals surface area contributed by atoms with E-state index in [0.29, 0.717) is 5.75 Å². The van der Waals surface area contributed by atoms with Gasteiger partial charge in [0.15, 0.2) is 0 Å². The van der Waals surface area contributed by atoms with E-state index >= 15 is 0 Å². The highest BCUT2D eigenvalue weighted by Gasteiger charge is 2.19. The van der Waals surface area contributed by atoms with Crippen molar-refractivity contribution in [3.05, 3.63) is 36.0 Å². The molecule has 0 spiro atoms. The van der Waals surface area contributed by atoms with Crippen LogP contribution < -0.4 is 4.74 Å². The summed E-state index contributed by atoms with van der Waals surface area (Å²) in [6.45, 7) is 6.40. The fourth-order valence-corrected chi connectivity index (χ4v) is 2.17. The molecule has 0 aliphatic carbocycles. The standard InChI is InChI=1S/C15H20N2OS/c1-15(2,3)17-9-11(10-19)14(16-17)12-7-5-6-8-13(12)18-4/h5-9,19H,10H2,1-4H3. The second-order valence-electron chi connectivity index (χ2n) is 5.48. The van der Waals surface area contributed by atoms with Gasteiger partial charge in [-0.3, -0.25) is 4.68 Å². The molecule has 1 aromatic heterocycles. The van der Waals surface area contributed by atoms with Crippen LogP contribution in [0.4, 0.5) is 0 Å². The molecule has 4 heteroatoms. The summed E-state index contributed by atoms with van der Waals surface area (Å²) in [7, 11) is 1.68. The number of nitrogens with zero attached hydrogens (tertiary/aromatic N) is 2. The van der Waals surface area contributed by atoms with Crippen LogP contribution in [0.2, 0.25) is 0 Å². The maximum atomic E-state index is 5.42. The van der Waals surface area contributed by atoms with E-state index in [0.717, 1.165) is 22.6 Å². The molecular formula is C15H20N2OS. The summed E-state index contributed by atoms with van der Waals surface area (Å²) in [5.41, 5.74) is 3.03.